The first-order valence-corrected chi connectivity index (χ1v) is 10.2. The van der Waals surface area contributed by atoms with Gasteiger partial charge in [-0.3, -0.25) is 14.6 Å². The van der Waals surface area contributed by atoms with Gasteiger partial charge in [-0.2, -0.15) is 0 Å². The predicted molar refractivity (Wildman–Crippen MR) is 113 cm³/mol. The van der Waals surface area contributed by atoms with Crippen LogP contribution < -0.4 is 0 Å². The van der Waals surface area contributed by atoms with Crippen LogP contribution in [0.15, 0.2) is 52.8 Å². The molecule has 0 bridgehead atoms. The summed E-state index contributed by atoms with van der Waals surface area (Å²) in [6.07, 6.45) is 3.21. The molecule has 1 atom stereocenters. The van der Waals surface area contributed by atoms with Crippen LogP contribution in [0.5, 0.6) is 0 Å². The zero-order valence-corrected chi connectivity index (χ0v) is 18.1. The first-order valence-electron chi connectivity index (χ1n) is 9.37. The molecular weight excluding hydrogens is 436 g/mol. The van der Waals surface area contributed by atoms with E-state index in [4.69, 9.17) is 4.74 Å². The predicted octanol–water partition coefficient (Wildman–Crippen LogP) is 4.00. The molecule has 1 aliphatic heterocycles. The number of aliphatic hydroxyl groups excluding tert-OH is 1. The number of carbonyl (C=O) groups excluding carboxylic acids is 2. The maximum Gasteiger partial charge on any atom is 0.295 e. The highest BCUT2D eigenvalue weighted by Gasteiger charge is 2.45. The Bertz CT molecular complexity index is 957. The van der Waals surface area contributed by atoms with Gasteiger partial charge in [0.05, 0.1) is 24.3 Å². The van der Waals surface area contributed by atoms with Gasteiger partial charge < -0.3 is 14.7 Å². The van der Waals surface area contributed by atoms with Crippen molar-refractivity contribution in [3.63, 3.8) is 0 Å². The van der Waals surface area contributed by atoms with Gasteiger partial charge in [-0.1, -0.05) is 22.0 Å². The van der Waals surface area contributed by atoms with Crippen LogP contribution in [0.25, 0.3) is 5.76 Å². The molecule has 1 fully saturated rings. The number of benzene rings is 1. The van der Waals surface area contributed by atoms with Gasteiger partial charge in [-0.15, -0.1) is 0 Å². The fraction of sp³-hybridized carbons (Fsp3) is 0.318. The third-order valence-corrected chi connectivity index (χ3v) is 5.67. The van der Waals surface area contributed by atoms with Crippen molar-refractivity contribution in [2.24, 2.45) is 0 Å². The number of hydrogen-bond acceptors (Lipinski definition) is 5. The molecule has 1 N–H and O–H groups in total. The average molecular weight is 459 g/mol. The van der Waals surface area contributed by atoms with E-state index in [-0.39, 0.29) is 24.0 Å². The standard InChI is InChI=1S/C22H23BrN2O4/c1-13(2)29-11-10-25-19(15-6-8-24-9-7-15)18(21(27)22(25)28)20(26)16-4-5-17(23)14(3)12-16/h4-9,12-13,19,26H,10-11H2,1-3H3/b20-18-. The molecule has 1 saturated heterocycles. The molecule has 7 heteroatoms. The maximum atomic E-state index is 12.9. The second-order valence-corrected chi connectivity index (χ2v) is 8.01. The summed E-state index contributed by atoms with van der Waals surface area (Å²) in [5.41, 5.74) is 2.18. The number of ketones is 1. The molecule has 0 aliphatic carbocycles. The molecule has 6 nitrogen and oxygen atoms in total. The minimum absolute atomic E-state index is 0.0111. The number of amides is 1. The van der Waals surface area contributed by atoms with E-state index in [1.165, 1.54) is 4.90 Å². The Kier molecular flexibility index (Phi) is 6.49. The van der Waals surface area contributed by atoms with E-state index in [1.807, 2.05) is 20.8 Å². The number of carbonyl (C=O) groups is 2. The van der Waals surface area contributed by atoms with Gasteiger partial charge in [0, 0.05) is 29.0 Å². The molecule has 0 saturated carbocycles. The van der Waals surface area contributed by atoms with E-state index in [9.17, 15) is 14.7 Å². The van der Waals surface area contributed by atoms with Crippen LogP contribution in [-0.2, 0) is 14.3 Å². The number of aromatic nitrogens is 1. The zero-order chi connectivity index (χ0) is 21.1. The number of nitrogens with zero attached hydrogens (tertiary/aromatic N) is 2. The van der Waals surface area contributed by atoms with Gasteiger partial charge in [0.2, 0.25) is 0 Å². The molecule has 3 rings (SSSR count). The van der Waals surface area contributed by atoms with E-state index in [2.05, 4.69) is 20.9 Å². The molecule has 152 valence electrons. The second-order valence-electron chi connectivity index (χ2n) is 7.16. The number of rotatable bonds is 6. The van der Waals surface area contributed by atoms with E-state index in [1.54, 1.807) is 42.7 Å². The zero-order valence-electron chi connectivity index (χ0n) is 16.6. The normalized spacial score (nSPS) is 18.7. The summed E-state index contributed by atoms with van der Waals surface area (Å²) in [4.78, 5) is 31.1. The Morgan fingerprint density at radius 2 is 1.93 bits per heavy atom. The summed E-state index contributed by atoms with van der Waals surface area (Å²) in [6, 6.07) is 8.08. The van der Waals surface area contributed by atoms with E-state index < -0.39 is 17.7 Å². The lowest BCUT2D eigenvalue weighted by molar-refractivity contribution is -0.140. The third-order valence-electron chi connectivity index (χ3n) is 4.78. The molecule has 1 aromatic carbocycles. The summed E-state index contributed by atoms with van der Waals surface area (Å²) in [6.45, 7) is 6.24. The summed E-state index contributed by atoms with van der Waals surface area (Å²) >= 11 is 3.43. The minimum Gasteiger partial charge on any atom is -0.507 e. The molecule has 0 spiro atoms. The maximum absolute atomic E-state index is 12.9. The molecule has 2 heterocycles. The van der Waals surface area contributed by atoms with Crippen molar-refractivity contribution in [2.75, 3.05) is 13.2 Å². The Hall–Kier alpha value is -2.51. The van der Waals surface area contributed by atoms with Crippen LogP contribution in [0.1, 0.15) is 36.6 Å². The van der Waals surface area contributed by atoms with Crippen molar-refractivity contribution < 1.29 is 19.4 Å². The molecule has 29 heavy (non-hydrogen) atoms. The van der Waals surface area contributed by atoms with Gasteiger partial charge in [0.15, 0.2) is 0 Å². The van der Waals surface area contributed by atoms with Crippen LogP contribution >= 0.6 is 15.9 Å². The van der Waals surface area contributed by atoms with E-state index in [0.29, 0.717) is 17.7 Å². The summed E-state index contributed by atoms with van der Waals surface area (Å²) in [7, 11) is 0. The summed E-state index contributed by atoms with van der Waals surface area (Å²) in [5, 5.41) is 11.0. The molecule has 1 aliphatic rings. The summed E-state index contributed by atoms with van der Waals surface area (Å²) in [5.74, 6) is -1.53. The Morgan fingerprint density at radius 3 is 2.55 bits per heavy atom. The van der Waals surface area contributed by atoms with Crippen LogP contribution in [0, 0.1) is 6.92 Å². The van der Waals surface area contributed by atoms with Crippen molar-refractivity contribution in [2.45, 2.75) is 32.9 Å². The van der Waals surface area contributed by atoms with Crippen molar-refractivity contribution in [3.8, 4) is 0 Å². The lowest BCUT2D eigenvalue weighted by atomic mass is 9.95. The van der Waals surface area contributed by atoms with Crippen LogP contribution in [0.2, 0.25) is 0 Å². The quantitative estimate of drug-likeness (QED) is 0.402. The number of aryl methyl sites for hydroxylation is 1. The molecule has 0 radical (unpaired) electrons. The lowest BCUT2D eigenvalue weighted by Gasteiger charge is -2.25. The Labute approximate surface area is 178 Å². The molecular formula is C22H23BrN2O4. The second kappa shape index (κ2) is 8.88. The first-order chi connectivity index (χ1) is 13.8. The molecule has 1 aromatic heterocycles. The number of aliphatic hydroxyl groups is 1. The van der Waals surface area contributed by atoms with Gasteiger partial charge >= 0.3 is 0 Å². The molecule has 1 amide bonds. The highest BCUT2D eigenvalue weighted by Crippen LogP contribution is 2.39. The van der Waals surface area contributed by atoms with Gasteiger partial charge in [0.25, 0.3) is 11.7 Å². The number of hydrogen-bond donors (Lipinski definition) is 1. The molecule has 1 unspecified atom stereocenters. The van der Waals surface area contributed by atoms with Crippen molar-refractivity contribution >= 4 is 33.4 Å². The monoisotopic (exact) mass is 458 g/mol. The van der Waals surface area contributed by atoms with E-state index >= 15 is 0 Å². The summed E-state index contributed by atoms with van der Waals surface area (Å²) < 4.78 is 6.47. The molecule has 2 aromatic rings. The van der Waals surface area contributed by atoms with Crippen molar-refractivity contribution in [1.29, 1.82) is 0 Å². The highest BCUT2D eigenvalue weighted by atomic mass is 79.9. The number of pyridine rings is 1. The van der Waals surface area contributed by atoms with Gasteiger partial charge in [0.1, 0.15) is 5.76 Å². The van der Waals surface area contributed by atoms with Crippen molar-refractivity contribution in [3.05, 3.63) is 69.5 Å². The average Bonchev–Trinajstić information content (AvgIpc) is 2.95. The van der Waals surface area contributed by atoms with Crippen molar-refractivity contribution in [1.82, 2.24) is 9.88 Å². The van der Waals surface area contributed by atoms with Crippen LogP contribution in [0.4, 0.5) is 0 Å². The van der Waals surface area contributed by atoms with Gasteiger partial charge in [-0.05, 0) is 56.2 Å². The Balaban J connectivity index is 2.09. The smallest absolute Gasteiger partial charge is 0.295 e. The highest BCUT2D eigenvalue weighted by molar-refractivity contribution is 9.10. The fourth-order valence-electron chi connectivity index (χ4n) is 3.34. The topological polar surface area (TPSA) is 79.7 Å². The van der Waals surface area contributed by atoms with Crippen LogP contribution in [-0.4, -0.2) is 45.9 Å². The minimum atomic E-state index is -0.700. The number of likely N-dealkylation sites (tertiary alicyclic amines) is 1. The van der Waals surface area contributed by atoms with Gasteiger partial charge in [-0.25, -0.2) is 0 Å². The largest absolute Gasteiger partial charge is 0.507 e. The SMILES string of the molecule is Cc1cc(/C(O)=C2/C(=O)C(=O)N(CCOC(C)C)C2c2ccncc2)ccc1Br. The lowest BCUT2D eigenvalue weighted by Crippen LogP contribution is -2.33. The Morgan fingerprint density at radius 1 is 1.24 bits per heavy atom. The third kappa shape index (κ3) is 4.41. The number of halogens is 1. The van der Waals surface area contributed by atoms with Crippen LogP contribution in [0.3, 0.4) is 0 Å². The number of ether oxygens (including phenoxy) is 1. The van der Waals surface area contributed by atoms with E-state index in [0.717, 1.165) is 10.0 Å². The first kappa shape index (κ1) is 21.2. The number of Topliss-reactive ketones (excluding diaryl/α,β-unsaturated/α-hetero) is 1. The fourth-order valence-corrected chi connectivity index (χ4v) is 3.58.